The molecule has 0 N–H and O–H groups in total. The molecule has 0 spiro atoms. The number of hydrogen-bond acceptors (Lipinski definition) is 2. The lowest BCUT2D eigenvalue weighted by Crippen LogP contribution is -2.04. The van der Waals surface area contributed by atoms with Crippen molar-refractivity contribution in [2.24, 2.45) is 0 Å². The van der Waals surface area contributed by atoms with Crippen LogP contribution in [0.15, 0.2) is 0 Å². The summed E-state index contributed by atoms with van der Waals surface area (Å²) < 4.78 is 50.9. The van der Waals surface area contributed by atoms with E-state index in [0.29, 0.717) is 0 Å². The highest BCUT2D eigenvalue weighted by atomic mass is 35.5. The van der Waals surface area contributed by atoms with E-state index < -0.39 is 45.3 Å². The maximum absolute atomic E-state index is 13.1. The van der Waals surface area contributed by atoms with Gasteiger partial charge in [-0.2, -0.15) is 8.78 Å². The van der Waals surface area contributed by atoms with Crippen molar-refractivity contribution in [3.63, 3.8) is 0 Å². The lowest BCUT2D eigenvalue weighted by atomic mass is 10.2. The number of rotatable bonds is 2. The van der Waals surface area contributed by atoms with E-state index >= 15 is 0 Å². The summed E-state index contributed by atoms with van der Waals surface area (Å²) in [6.45, 7) is -1.57. The fraction of sp³-hybridized carbons (Fsp3) is 0.143. The maximum atomic E-state index is 13.1. The maximum Gasteiger partial charge on any atom is 0.343 e. The monoisotopic (exact) mass is 243 g/mol. The first-order valence-corrected chi connectivity index (χ1v) is 3.84. The van der Waals surface area contributed by atoms with E-state index in [1.807, 2.05) is 0 Å². The van der Waals surface area contributed by atoms with Crippen molar-refractivity contribution in [3.8, 4) is 0 Å². The molecule has 1 rings (SSSR count). The van der Waals surface area contributed by atoms with Crippen molar-refractivity contribution < 1.29 is 22.5 Å². The minimum atomic E-state index is -2.04. The smallest absolute Gasteiger partial charge is 0.258 e. The lowest BCUT2D eigenvalue weighted by Gasteiger charge is -2.04. The predicted molar refractivity (Wildman–Crippen MR) is 42.8 cm³/mol. The highest BCUT2D eigenvalue weighted by molar-refractivity contribution is 6.31. The molecule has 0 heterocycles. The van der Waals surface area contributed by atoms with E-state index in [1.165, 1.54) is 0 Å². The van der Waals surface area contributed by atoms with Gasteiger partial charge in [-0.25, -0.2) is 8.78 Å². The fourth-order valence-electron chi connectivity index (χ4n) is 0.946. The molecule has 8 heteroatoms. The molecule has 0 aliphatic carbocycles. The van der Waals surface area contributed by atoms with E-state index in [1.54, 1.807) is 0 Å². The summed E-state index contributed by atoms with van der Waals surface area (Å²) >= 11 is 5.06. The molecule has 0 aromatic heterocycles. The molecule has 15 heavy (non-hydrogen) atoms. The Bertz CT molecular complexity index is 438. The second-order valence-electron chi connectivity index (χ2n) is 2.47. The van der Waals surface area contributed by atoms with Crippen LogP contribution in [-0.4, -0.2) is 4.92 Å². The molecule has 0 aliphatic heterocycles. The summed E-state index contributed by atoms with van der Waals surface area (Å²) in [4.78, 5) is 8.68. The number of halogens is 5. The summed E-state index contributed by atoms with van der Waals surface area (Å²) in [5.41, 5.74) is -2.81. The SMILES string of the molecule is O=[N+]([O-])c1c(F)c(F)c(Cl)c(CF)c1F. The molecule has 0 unspecified atom stereocenters. The molecule has 0 amide bonds. The van der Waals surface area contributed by atoms with Gasteiger partial charge in [-0.3, -0.25) is 10.1 Å². The Morgan fingerprint density at radius 1 is 1.20 bits per heavy atom. The van der Waals surface area contributed by atoms with Gasteiger partial charge in [0.25, 0.3) is 0 Å². The number of nitrogens with zero attached hydrogens (tertiary/aromatic N) is 1. The van der Waals surface area contributed by atoms with Crippen LogP contribution in [0.4, 0.5) is 23.2 Å². The Balaban J connectivity index is 3.68. The number of nitro groups is 1. The average Bonchev–Trinajstić information content (AvgIpc) is 2.15. The second-order valence-corrected chi connectivity index (χ2v) is 2.85. The van der Waals surface area contributed by atoms with Crippen LogP contribution in [0.2, 0.25) is 5.02 Å². The molecule has 0 bridgehead atoms. The normalized spacial score (nSPS) is 10.5. The van der Waals surface area contributed by atoms with Crippen LogP contribution in [0.5, 0.6) is 0 Å². The summed E-state index contributed by atoms with van der Waals surface area (Å²) in [6, 6.07) is 0. The molecule has 1 aromatic rings. The molecule has 0 aliphatic rings. The van der Waals surface area contributed by atoms with Gasteiger partial charge in [0.2, 0.25) is 11.6 Å². The third-order valence-corrected chi connectivity index (χ3v) is 2.04. The van der Waals surface area contributed by atoms with Gasteiger partial charge in [-0.1, -0.05) is 11.6 Å². The zero-order chi connectivity index (χ0) is 11.7. The van der Waals surface area contributed by atoms with E-state index in [0.717, 1.165) is 0 Å². The van der Waals surface area contributed by atoms with Crippen molar-refractivity contribution in [2.45, 2.75) is 6.67 Å². The lowest BCUT2D eigenvalue weighted by molar-refractivity contribution is -0.390. The van der Waals surface area contributed by atoms with Gasteiger partial charge in [0, 0.05) is 5.56 Å². The Labute approximate surface area is 85.4 Å². The van der Waals surface area contributed by atoms with Gasteiger partial charge in [0.15, 0.2) is 5.82 Å². The third kappa shape index (κ3) is 1.74. The van der Waals surface area contributed by atoms with Crippen LogP contribution < -0.4 is 0 Å². The molecule has 1 aromatic carbocycles. The summed E-state index contributed by atoms with van der Waals surface area (Å²) in [7, 11) is 0. The van der Waals surface area contributed by atoms with Gasteiger partial charge in [-0.15, -0.1) is 0 Å². The standard InChI is InChI=1S/C7H2ClF4NO2/c8-3-2(1-9)4(10)7(13(14)15)6(12)5(3)11/h1H2. The van der Waals surface area contributed by atoms with Gasteiger partial charge >= 0.3 is 5.69 Å². The van der Waals surface area contributed by atoms with Crippen molar-refractivity contribution in [3.05, 3.63) is 38.2 Å². The number of hydrogen-bond donors (Lipinski definition) is 0. The fourth-order valence-corrected chi connectivity index (χ4v) is 1.16. The average molecular weight is 244 g/mol. The molecular weight excluding hydrogens is 242 g/mol. The van der Waals surface area contributed by atoms with Crippen LogP contribution in [0, 0.1) is 27.6 Å². The van der Waals surface area contributed by atoms with E-state index in [-0.39, 0.29) is 0 Å². The quantitative estimate of drug-likeness (QED) is 0.263. The Kier molecular flexibility index (Phi) is 3.13. The van der Waals surface area contributed by atoms with E-state index in [4.69, 9.17) is 11.6 Å². The molecule has 0 radical (unpaired) electrons. The first kappa shape index (κ1) is 11.7. The van der Waals surface area contributed by atoms with Gasteiger partial charge in [0.1, 0.15) is 6.67 Å². The molecule has 0 saturated heterocycles. The van der Waals surface area contributed by atoms with E-state index in [9.17, 15) is 27.7 Å². The van der Waals surface area contributed by atoms with Crippen molar-refractivity contribution in [2.75, 3.05) is 0 Å². The van der Waals surface area contributed by atoms with E-state index in [2.05, 4.69) is 0 Å². The van der Waals surface area contributed by atoms with Gasteiger partial charge < -0.3 is 0 Å². The van der Waals surface area contributed by atoms with Crippen molar-refractivity contribution >= 4 is 17.3 Å². The Hall–Kier alpha value is -1.37. The first-order chi connectivity index (χ1) is 6.91. The number of nitro benzene ring substituents is 1. The molecular formula is C7H2ClF4NO2. The van der Waals surface area contributed by atoms with Crippen LogP contribution in [0.25, 0.3) is 0 Å². The van der Waals surface area contributed by atoms with Crippen LogP contribution in [0.1, 0.15) is 5.56 Å². The van der Waals surface area contributed by atoms with Gasteiger partial charge in [-0.05, 0) is 0 Å². The largest absolute Gasteiger partial charge is 0.343 e. The second kappa shape index (κ2) is 4.01. The summed E-state index contributed by atoms with van der Waals surface area (Å²) in [6.07, 6.45) is 0. The zero-order valence-corrected chi connectivity index (χ0v) is 7.62. The van der Waals surface area contributed by atoms with Crippen LogP contribution in [0.3, 0.4) is 0 Å². The minimum Gasteiger partial charge on any atom is -0.258 e. The molecule has 82 valence electrons. The molecule has 0 atom stereocenters. The first-order valence-electron chi connectivity index (χ1n) is 3.47. The molecule has 0 fully saturated rings. The molecule has 3 nitrogen and oxygen atoms in total. The molecule has 0 saturated carbocycles. The summed E-state index contributed by atoms with van der Waals surface area (Å²) in [5.74, 6) is -5.68. The summed E-state index contributed by atoms with van der Waals surface area (Å²) in [5, 5.41) is 9.04. The number of benzene rings is 1. The van der Waals surface area contributed by atoms with Crippen molar-refractivity contribution in [1.29, 1.82) is 0 Å². The third-order valence-electron chi connectivity index (χ3n) is 1.65. The Morgan fingerprint density at radius 2 is 1.73 bits per heavy atom. The minimum absolute atomic E-state index is 1.07. The number of alkyl halides is 1. The van der Waals surface area contributed by atoms with Crippen molar-refractivity contribution in [1.82, 2.24) is 0 Å². The topological polar surface area (TPSA) is 43.1 Å². The van der Waals surface area contributed by atoms with Gasteiger partial charge in [0.05, 0.1) is 9.95 Å². The Morgan fingerprint density at radius 3 is 2.13 bits per heavy atom. The highest BCUT2D eigenvalue weighted by Crippen LogP contribution is 2.33. The zero-order valence-electron chi connectivity index (χ0n) is 6.86. The van der Waals surface area contributed by atoms with Crippen LogP contribution >= 0.6 is 11.6 Å². The highest BCUT2D eigenvalue weighted by Gasteiger charge is 2.31. The van der Waals surface area contributed by atoms with Crippen LogP contribution in [-0.2, 0) is 6.67 Å². The predicted octanol–water partition coefficient (Wildman–Crippen LogP) is 3.13.